The molecule has 194 valence electrons. The van der Waals surface area contributed by atoms with Crippen LogP contribution >= 0.6 is 0 Å². The number of hydrogen-bond acceptors (Lipinski definition) is 5. The Hall–Kier alpha value is -4.50. The second-order valence-corrected chi connectivity index (χ2v) is 9.99. The summed E-state index contributed by atoms with van der Waals surface area (Å²) in [5.74, 6) is -1.23. The molecule has 0 radical (unpaired) electrons. The SMILES string of the molecule is CC1(C)Cc2[nH]c(-c3ccnc(NC(=O)C(CN)c4ccc(F)cc4)c3)c(Nc3ccccc3)c2C(=O)N1. The van der Waals surface area contributed by atoms with E-state index in [9.17, 15) is 14.0 Å². The average molecular weight is 513 g/mol. The number of para-hydroxylation sites is 1. The minimum Gasteiger partial charge on any atom is -0.356 e. The lowest BCUT2D eigenvalue weighted by Crippen LogP contribution is -2.49. The van der Waals surface area contributed by atoms with Gasteiger partial charge in [-0.2, -0.15) is 0 Å². The fourth-order valence-corrected chi connectivity index (χ4v) is 4.76. The average Bonchev–Trinajstić information content (AvgIpc) is 3.23. The molecule has 0 saturated carbocycles. The fourth-order valence-electron chi connectivity index (χ4n) is 4.76. The first-order chi connectivity index (χ1) is 18.2. The van der Waals surface area contributed by atoms with E-state index in [0.717, 1.165) is 16.9 Å². The Morgan fingerprint density at radius 1 is 1.13 bits per heavy atom. The number of nitrogens with two attached hydrogens (primary N) is 1. The van der Waals surface area contributed by atoms with Crippen molar-refractivity contribution in [3.63, 3.8) is 0 Å². The van der Waals surface area contributed by atoms with Crippen LogP contribution in [0.3, 0.4) is 0 Å². The number of nitrogens with one attached hydrogen (secondary N) is 4. The van der Waals surface area contributed by atoms with E-state index < -0.39 is 11.5 Å². The number of fused-ring (bicyclic) bond motifs is 1. The number of carbonyl (C=O) groups excluding carboxylic acids is 2. The molecule has 0 fully saturated rings. The number of nitrogens with zero attached hydrogens (tertiary/aromatic N) is 1. The van der Waals surface area contributed by atoms with Crippen molar-refractivity contribution in [3.8, 4) is 11.3 Å². The van der Waals surface area contributed by atoms with Crippen molar-refractivity contribution < 1.29 is 14.0 Å². The summed E-state index contributed by atoms with van der Waals surface area (Å²) in [4.78, 5) is 34.0. The van der Waals surface area contributed by atoms with Gasteiger partial charge in [0.1, 0.15) is 11.6 Å². The van der Waals surface area contributed by atoms with Gasteiger partial charge in [0.05, 0.1) is 22.9 Å². The van der Waals surface area contributed by atoms with Crippen molar-refractivity contribution in [2.75, 3.05) is 17.2 Å². The molecule has 5 rings (SSSR count). The van der Waals surface area contributed by atoms with E-state index in [4.69, 9.17) is 5.73 Å². The first kappa shape index (κ1) is 25.2. The molecule has 0 spiro atoms. The summed E-state index contributed by atoms with van der Waals surface area (Å²) in [5.41, 5.74) is 10.4. The number of anilines is 3. The van der Waals surface area contributed by atoms with Gasteiger partial charge in [-0.05, 0) is 55.8 Å². The standard InChI is InChI=1S/C29H29FN6O2/c1-29(2)15-22-24(28(38)36-29)26(33-20-6-4-3-5-7-20)25(34-22)18-12-13-32-23(14-18)35-27(37)21(16-31)17-8-10-19(30)11-9-17/h3-14,21,33-34H,15-16,31H2,1-2H3,(H,36,38)(H,32,35,37). The summed E-state index contributed by atoms with van der Waals surface area (Å²) in [6.07, 6.45) is 2.22. The molecule has 6 N–H and O–H groups in total. The summed E-state index contributed by atoms with van der Waals surface area (Å²) in [5, 5.41) is 9.31. The van der Waals surface area contributed by atoms with Crippen LogP contribution < -0.4 is 21.7 Å². The molecule has 9 heteroatoms. The summed E-state index contributed by atoms with van der Waals surface area (Å²) >= 11 is 0. The first-order valence-corrected chi connectivity index (χ1v) is 12.4. The Morgan fingerprint density at radius 2 is 1.87 bits per heavy atom. The number of aromatic amines is 1. The van der Waals surface area contributed by atoms with E-state index in [1.54, 1.807) is 24.4 Å². The number of amides is 2. The molecule has 3 heterocycles. The van der Waals surface area contributed by atoms with Crippen LogP contribution in [-0.2, 0) is 11.2 Å². The minimum absolute atomic E-state index is 0.0521. The number of halogens is 1. The molecular weight excluding hydrogens is 483 g/mol. The zero-order valence-corrected chi connectivity index (χ0v) is 21.1. The second-order valence-electron chi connectivity index (χ2n) is 9.99. The lowest BCUT2D eigenvalue weighted by molar-refractivity contribution is -0.117. The normalized spacial score (nSPS) is 14.8. The van der Waals surface area contributed by atoms with Crippen LogP contribution in [0.5, 0.6) is 0 Å². The highest BCUT2D eigenvalue weighted by Gasteiger charge is 2.35. The van der Waals surface area contributed by atoms with Gasteiger partial charge in [0.25, 0.3) is 5.91 Å². The van der Waals surface area contributed by atoms with Gasteiger partial charge < -0.3 is 26.7 Å². The van der Waals surface area contributed by atoms with Crippen molar-refractivity contribution in [3.05, 3.63) is 95.6 Å². The van der Waals surface area contributed by atoms with Crippen LogP contribution in [0, 0.1) is 5.82 Å². The van der Waals surface area contributed by atoms with E-state index in [1.165, 1.54) is 12.1 Å². The topological polar surface area (TPSA) is 125 Å². The largest absolute Gasteiger partial charge is 0.356 e. The number of benzene rings is 2. The van der Waals surface area contributed by atoms with E-state index >= 15 is 0 Å². The molecule has 2 amide bonds. The molecule has 1 atom stereocenters. The summed E-state index contributed by atoms with van der Waals surface area (Å²) in [7, 11) is 0. The molecule has 8 nitrogen and oxygen atoms in total. The van der Waals surface area contributed by atoms with Crippen molar-refractivity contribution >= 4 is 29.0 Å². The molecule has 38 heavy (non-hydrogen) atoms. The Bertz CT molecular complexity index is 1480. The van der Waals surface area contributed by atoms with Crippen LogP contribution in [0.1, 0.15) is 41.4 Å². The lowest BCUT2D eigenvalue weighted by atomic mass is 9.91. The smallest absolute Gasteiger partial charge is 0.255 e. The predicted molar refractivity (Wildman–Crippen MR) is 146 cm³/mol. The van der Waals surface area contributed by atoms with Crippen molar-refractivity contribution in [2.24, 2.45) is 5.73 Å². The zero-order valence-electron chi connectivity index (χ0n) is 21.1. The first-order valence-electron chi connectivity index (χ1n) is 12.4. The number of H-pyrrole nitrogens is 1. The Labute approximate surface area is 219 Å². The van der Waals surface area contributed by atoms with Gasteiger partial charge in [-0.15, -0.1) is 0 Å². The van der Waals surface area contributed by atoms with Gasteiger partial charge in [0.15, 0.2) is 0 Å². The van der Waals surface area contributed by atoms with Gasteiger partial charge in [-0.3, -0.25) is 9.59 Å². The molecule has 0 aliphatic carbocycles. The van der Waals surface area contributed by atoms with Crippen LogP contribution in [-0.4, -0.2) is 33.9 Å². The highest BCUT2D eigenvalue weighted by molar-refractivity contribution is 6.07. The van der Waals surface area contributed by atoms with Crippen molar-refractivity contribution in [1.29, 1.82) is 0 Å². The zero-order chi connectivity index (χ0) is 26.9. The van der Waals surface area contributed by atoms with Crippen LogP contribution in [0.2, 0.25) is 0 Å². The van der Waals surface area contributed by atoms with Gasteiger partial charge in [0.2, 0.25) is 5.91 Å². The second kappa shape index (κ2) is 10.1. The summed E-state index contributed by atoms with van der Waals surface area (Å²) in [6, 6.07) is 18.9. The Balaban J connectivity index is 1.50. The Kier molecular flexibility index (Phi) is 6.69. The van der Waals surface area contributed by atoms with Gasteiger partial charge >= 0.3 is 0 Å². The molecule has 0 bridgehead atoms. The molecule has 0 saturated heterocycles. The van der Waals surface area contributed by atoms with Crippen molar-refractivity contribution in [2.45, 2.75) is 31.7 Å². The molecule has 2 aromatic heterocycles. The minimum atomic E-state index is -0.667. The quantitative estimate of drug-likeness (QED) is 0.245. The molecular formula is C29H29FN6O2. The number of carbonyl (C=O) groups is 2. The number of pyridine rings is 1. The maximum atomic E-state index is 13.4. The molecule has 4 aromatic rings. The third-order valence-corrected chi connectivity index (χ3v) is 6.54. The molecule has 1 unspecified atom stereocenters. The van der Waals surface area contributed by atoms with E-state index in [0.29, 0.717) is 34.7 Å². The molecule has 1 aliphatic rings. The third kappa shape index (κ3) is 5.14. The van der Waals surface area contributed by atoms with E-state index in [1.807, 2.05) is 50.2 Å². The van der Waals surface area contributed by atoms with Gasteiger partial charge in [-0.25, -0.2) is 9.37 Å². The lowest BCUT2D eigenvalue weighted by Gasteiger charge is -2.30. The van der Waals surface area contributed by atoms with Gasteiger partial charge in [0, 0.05) is 41.6 Å². The third-order valence-electron chi connectivity index (χ3n) is 6.54. The Morgan fingerprint density at radius 3 is 2.58 bits per heavy atom. The fraction of sp³-hybridized carbons (Fsp3) is 0.207. The molecule has 1 aliphatic heterocycles. The number of hydrogen-bond donors (Lipinski definition) is 5. The number of aromatic nitrogens is 2. The van der Waals surface area contributed by atoms with Crippen molar-refractivity contribution in [1.82, 2.24) is 15.3 Å². The summed E-state index contributed by atoms with van der Waals surface area (Å²) < 4.78 is 13.4. The van der Waals surface area contributed by atoms with Crippen LogP contribution in [0.4, 0.5) is 21.6 Å². The van der Waals surface area contributed by atoms with E-state index in [2.05, 4.69) is 25.9 Å². The highest BCUT2D eigenvalue weighted by Crippen LogP contribution is 2.39. The summed E-state index contributed by atoms with van der Waals surface area (Å²) in [6.45, 7) is 4.01. The maximum absolute atomic E-state index is 13.4. The maximum Gasteiger partial charge on any atom is 0.255 e. The van der Waals surface area contributed by atoms with E-state index in [-0.39, 0.29) is 24.2 Å². The monoisotopic (exact) mass is 512 g/mol. The highest BCUT2D eigenvalue weighted by atomic mass is 19.1. The predicted octanol–water partition coefficient (Wildman–Crippen LogP) is 4.70. The van der Waals surface area contributed by atoms with Gasteiger partial charge in [-0.1, -0.05) is 30.3 Å². The number of rotatable bonds is 7. The van der Waals surface area contributed by atoms with Crippen LogP contribution in [0.15, 0.2) is 72.9 Å². The van der Waals surface area contributed by atoms with Crippen LogP contribution in [0.25, 0.3) is 11.3 Å². The molecule has 2 aromatic carbocycles.